The molecule has 0 spiro atoms. The monoisotopic (exact) mass is 338 g/mol. The number of likely N-dealkylation sites (tertiary alicyclic amines) is 1. The van der Waals surface area contributed by atoms with Gasteiger partial charge in [0.05, 0.1) is 0 Å². The summed E-state index contributed by atoms with van der Waals surface area (Å²) in [7, 11) is 0. The first-order valence-corrected chi connectivity index (χ1v) is 9.95. The van der Waals surface area contributed by atoms with Crippen molar-refractivity contribution in [1.82, 2.24) is 15.5 Å². The molecule has 1 heterocycles. The van der Waals surface area contributed by atoms with Crippen LogP contribution < -0.4 is 10.6 Å². The zero-order chi connectivity index (χ0) is 17.4. The van der Waals surface area contributed by atoms with Gasteiger partial charge in [0.2, 0.25) is 0 Å². The van der Waals surface area contributed by atoms with Crippen molar-refractivity contribution in [3.8, 4) is 0 Å². The molecular formula is C19H38N4O. The van der Waals surface area contributed by atoms with Crippen molar-refractivity contribution in [2.75, 3.05) is 39.4 Å². The standard InChI is InChI=1S/C19H38N4O/c1-5-20-18(21-15-19(9-10-19)11-14-24-6-2)22-17-7-12-23(13-8-17)16(3)4/h16-17H,5-15H2,1-4H3,(H2,20,21,22). The summed E-state index contributed by atoms with van der Waals surface area (Å²) in [6, 6.07) is 1.21. The van der Waals surface area contributed by atoms with E-state index in [-0.39, 0.29) is 0 Å². The van der Waals surface area contributed by atoms with Crippen LogP contribution in [0.25, 0.3) is 0 Å². The largest absolute Gasteiger partial charge is 0.382 e. The molecule has 2 aliphatic rings. The van der Waals surface area contributed by atoms with Crippen molar-refractivity contribution < 1.29 is 4.74 Å². The minimum Gasteiger partial charge on any atom is -0.382 e. The molecule has 0 amide bonds. The molecule has 2 fully saturated rings. The molecule has 1 saturated carbocycles. The van der Waals surface area contributed by atoms with Crippen LogP contribution in [0, 0.1) is 5.41 Å². The highest BCUT2D eigenvalue weighted by Crippen LogP contribution is 2.49. The quantitative estimate of drug-likeness (QED) is 0.385. The molecule has 1 aliphatic heterocycles. The lowest BCUT2D eigenvalue weighted by molar-refractivity contribution is 0.129. The average molecular weight is 339 g/mol. The minimum atomic E-state index is 0.415. The van der Waals surface area contributed by atoms with Crippen molar-refractivity contribution in [1.29, 1.82) is 0 Å². The Balaban J connectivity index is 1.79. The third-order valence-electron chi connectivity index (χ3n) is 5.46. The van der Waals surface area contributed by atoms with Crippen LogP contribution in [-0.4, -0.2) is 62.3 Å². The summed E-state index contributed by atoms with van der Waals surface area (Å²) in [5.41, 5.74) is 0.415. The summed E-state index contributed by atoms with van der Waals surface area (Å²) in [6.45, 7) is 14.7. The van der Waals surface area contributed by atoms with Gasteiger partial charge in [-0.3, -0.25) is 4.99 Å². The Labute approximate surface area is 148 Å². The number of ether oxygens (including phenoxy) is 1. The van der Waals surface area contributed by atoms with E-state index >= 15 is 0 Å². The van der Waals surface area contributed by atoms with Gasteiger partial charge in [0.1, 0.15) is 0 Å². The average Bonchev–Trinajstić information content (AvgIpc) is 3.34. The van der Waals surface area contributed by atoms with Gasteiger partial charge in [-0.05, 0) is 65.2 Å². The molecule has 5 heteroatoms. The van der Waals surface area contributed by atoms with Crippen LogP contribution in [0.15, 0.2) is 4.99 Å². The Morgan fingerprint density at radius 1 is 1.25 bits per heavy atom. The van der Waals surface area contributed by atoms with Gasteiger partial charge in [0.15, 0.2) is 5.96 Å². The molecular weight excluding hydrogens is 300 g/mol. The van der Waals surface area contributed by atoms with Crippen LogP contribution in [0.4, 0.5) is 0 Å². The normalized spacial score (nSPS) is 22.0. The fourth-order valence-electron chi connectivity index (χ4n) is 3.42. The maximum Gasteiger partial charge on any atom is 0.191 e. The first-order valence-electron chi connectivity index (χ1n) is 9.95. The number of piperidine rings is 1. The maximum atomic E-state index is 5.53. The summed E-state index contributed by atoms with van der Waals surface area (Å²) in [6.07, 6.45) is 6.16. The van der Waals surface area contributed by atoms with E-state index in [1.54, 1.807) is 0 Å². The molecule has 0 aromatic heterocycles. The van der Waals surface area contributed by atoms with Crippen molar-refractivity contribution in [3.63, 3.8) is 0 Å². The van der Waals surface area contributed by atoms with Crippen LogP contribution in [-0.2, 0) is 4.74 Å². The first kappa shape index (κ1) is 19.5. The molecule has 1 aliphatic carbocycles. The van der Waals surface area contributed by atoms with Gasteiger partial charge >= 0.3 is 0 Å². The molecule has 0 radical (unpaired) electrons. The van der Waals surface area contributed by atoms with E-state index in [1.165, 1.54) is 38.8 Å². The molecule has 1 saturated heterocycles. The topological polar surface area (TPSA) is 48.9 Å². The maximum absolute atomic E-state index is 5.53. The zero-order valence-corrected chi connectivity index (χ0v) is 16.2. The third kappa shape index (κ3) is 6.25. The fraction of sp³-hybridized carbons (Fsp3) is 0.947. The van der Waals surface area contributed by atoms with E-state index in [1.807, 2.05) is 0 Å². The third-order valence-corrected chi connectivity index (χ3v) is 5.46. The molecule has 140 valence electrons. The Morgan fingerprint density at radius 2 is 1.96 bits per heavy atom. The predicted molar refractivity (Wildman–Crippen MR) is 102 cm³/mol. The van der Waals surface area contributed by atoms with Crippen molar-refractivity contribution in [2.45, 2.75) is 71.9 Å². The van der Waals surface area contributed by atoms with Crippen LogP contribution in [0.1, 0.15) is 59.8 Å². The summed E-state index contributed by atoms with van der Waals surface area (Å²) < 4.78 is 5.53. The first-order chi connectivity index (χ1) is 11.6. The fourth-order valence-corrected chi connectivity index (χ4v) is 3.42. The second-order valence-corrected chi connectivity index (χ2v) is 7.69. The van der Waals surface area contributed by atoms with Crippen LogP contribution in [0.2, 0.25) is 0 Å². The number of hydrogen-bond acceptors (Lipinski definition) is 3. The lowest BCUT2D eigenvalue weighted by Gasteiger charge is -2.35. The van der Waals surface area contributed by atoms with E-state index in [0.29, 0.717) is 17.5 Å². The molecule has 2 N–H and O–H groups in total. The molecule has 0 aromatic carbocycles. The van der Waals surface area contributed by atoms with E-state index in [0.717, 1.165) is 38.7 Å². The molecule has 0 atom stereocenters. The lowest BCUT2D eigenvalue weighted by Crippen LogP contribution is -2.50. The van der Waals surface area contributed by atoms with Gasteiger partial charge in [0.25, 0.3) is 0 Å². The molecule has 0 unspecified atom stereocenters. The van der Waals surface area contributed by atoms with Gasteiger partial charge in [-0.15, -0.1) is 0 Å². The summed E-state index contributed by atoms with van der Waals surface area (Å²) in [5, 5.41) is 7.09. The second-order valence-electron chi connectivity index (χ2n) is 7.69. The van der Waals surface area contributed by atoms with Gasteiger partial charge in [0, 0.05) is 51.5 Å². The number of hydrogen-bond donors (Lipinski definition) is 2. The summed E-state index contributed by atoms with van der Waals surface area (Å²) in [4.78, 5) is 7.46. The Kier molecular flexibility index (Phi) is 7.82. The highest BCUT2D eigenvalue weighted by Gasteiger charge is 2.42. The Bertz CT molecular complexity index is 385. The molecule has 0 aromatic rings. The van der Waals surface area contributed by atoms with E-state index in [4.69, 9.17) is 9.73 Å². The van der Waals surface area contributed by atoms with Crippen molar-refractivity contribution in [3.05, 3.63) is 0 Å². The van der Waals surface area contributed by atoms with Crippen LogP contribution >= 0.6 is 0 Å². The SMILES string of the molecule is CCNC(=NCC1(CCOCC)CC1)NC1CCN(C(C)C)CC1. The number of nitrogens with one attached hydrogen (secondary N) is 2. The number of nitrogens with zero attached hydrogens (tertiary/aromatic N) is 2. The van der Waals surface area contributed by atoms with Crippen molar-refractivity contribution in [2.24, 2.45) is 10.4 Å². The van der Waals surface area contributed by atoms with Gasteiger partial charge in [-0.25, -0.2) is 0 Å². The number of guanidine groups is 1. The number of aliphatic imine (C=N–C) groups is 1. The molecule has 24 heavy (non-hydrogen) atoms. The van der Waals surface area contributed by atoms with E-state index in [2.05, 4.69) is 43.2 Å². The molecule has 2 rings (SSSR count). The van der Waals surface area contributed by atoms with E-state index < -0.39 is 0 Å². The van der Waals surface area contributed by atoms with E-state index in [9.17, 15) is 0 Å². The van der Waals surface area contributed by atoms with Gasteiger partial charge in [-0.1, -0.05) is 0 Å². The minimum absolute atomic E-state index is 0.415. The molecule has 5 nitrogen and oxygen atoms in total. The Morgan fingerprint density at radius 3 is 2.50 bits per heavy atom. The van der Waals surface area contributed by atoms with Gasteiger partial charge in [-0.2, -0.15) is 0 Å². The Hall–Kier alpha value is -0.810. The smallest absolute Gasteiger partial charge is 0.191 e. The summed E-state index contributed by atoms with van der Waals surface area (Å²) >= 11 is 0. The number of rotatable bonds is 9. The van der Waals surface area contributed by atoms with Crippen molar-refractivity contribution >= 4 is 5.96 Å². The highest BCUT2D eigenvalue weighted by molar-refractivity contribution is 5.80. The molecule has 0 bridgehead atoms. The van der Waals surface area contributed by atoms with Gasteiger partial charge < -0.3 is 20.3 Å². The lowest BCUT2D eigenvalue weighted by atomic mass is 10.0. The second kappa shape index (κ2) is 9.62. The zero-order valence-electron chi connectivity index (χ0n) is 16.2. The van der Waals surface area contributed by atoms with Crippen LogP contribution in [0.3, 0.4) is 0 Å². The van der Waals surface area contributed by atoms with Crippen LogP contribution in [0.5, 0.6) is 0 Å². The highest BCUT2D eigenvalue weighted by atomic mass is 16.5. The predicted octanol–water partition coefficient (Wildman–Crippen LogP) is 2.62. The summed E-state index contributed by atoms with van der Waals surface area (Å²) in [5.74, 6) is 1.00.